The van der Waals surface area contributed by atoms with Gasteiger partial charge in [0, 0.05) is 19.6 Å². The van der Waals surface area contributed by atoms with Gasteiger partial charge < -0.3 is 10.4 Å². The van der Waals surface area contributed by atoms with E-state index in [0.717, 1.165) is 8.45 Å². The molecule has 3 aromatic rings. The maximum atomic E-state index is 12.7. The number of halogens is 2. The fraction of sp³-hybridized carbons (Fsp3) is 0. The zero-order valence-electron chi connectivity index (χ0n) is 15.3. The van der Waals surface area contributed by atoms with Gasteiger partial charge in [-0.25, -0.2) is 5.43 Å². The normalized spacial score (nSPS) is 11.5. The molecule has 0 atom stereocenters. The van der Waals surface area contributed by atoms with E-state index in [1.165, 1.54) is 17.6 Å². The largest absolute Gasteiger partial charge is 0.506 e. The van der Waals surface area contributed by atoms with E-state index >= 15 is 0 Å². The number of hydrazone groups is 1. The number of thiophene rings is 1. The molecule has 3 N–H and O–H groups in total. The number of rotatable bonds is 6. The number of phenolic OH excluding ortho intramolecular Hbond substituents is 1. The Kier molecular flexibility index (Phi) is 7.99. The van der Waals surface area contributed by atoms with Crippen LogP contribution in [0.1, 0.15) is 20.8 Å². The molecule has 0 aliphatic rings. The van der Waals surface area contributed by atoms with E-state index in [0.29, 0.717) is 14.7 Å². The molecular weight excluding hydrogens is 628 g/mol. The number of amides is 2. The van der Waals surface area contributed by atoms with E-state index in [1.54, 1.807) is 36.4 Å². The molecular formula is C21H15I2N3O3S. The summed E-state index contributed by atoms with van der Waals surface area (Å²) in [4.78, 5) is 26.0. The lowest BCUT2D eigenvalue weighted by atomic mass is 10.2. The average molecular weight is 643 g/mol. The van der Waals surface area contributed by atoms with Gasteiger partial charge in [0.25, 0.3) is 11.8 Å². The van der Waals surface area contributed by atoms with Gasteiger partial charge in [-0.05, 0) is 87.0 Å². The van der Waals surface area contributed by atoms with Crippen LogP contribution in [0.5, 0.6) is 5.75 Å². The number of nitrogens with one attached hydrogen (secondary N) is 2. The van der Waals surface area contributed by atoms with Crippen LogP contribution in [0.3, 0.4) is 0 Å². The lowest BCUT2D eigenvalue weighted by molar-refractivity contribution is -0.117. The summed E-state index contributed by atoms with van der Waals surface area (Å²) >= 11 is 5.59. The van der Waals surface area contributed by atoms with Gasteiger partial charge in [-0.3, -0.25) is 9.59 Å². The maximum absolute atomic E-state index is 12.7. The summed E-state index contributed by atoms with van der Waals surface area (Å²) in [6.45, 7) is 0. The quantitative estimate of drug-likeness (QED) is 0.159. The molecule has 0 aliphatic carbocycles. The molecule has 0 unspecified atom stereocenters. The predicted molar refractivity (Wildman–Crippen MR) is 135 cm³/mol. The Balaban J connectivity index is 1.78. The molecule has 0 bridgehead atoms. The molecule has 9 heteroatoms. The van der Waals surface area contributed by atoms with Gasteiger partial charge in [-0.1, -0.05) is 24.3 Å². The van der Waals surface area contributed by atoms with Crippen molar-refractivity contribution in [3.63, 3.8) is 0 Å². The Hall–Kier alpha value is -2.25. The molecule has 0 saturated heterocycles. The van der Waals surface area contributed by atoms with E-state index < -0.39 is 11.8 Å². The minimum Gasteiger partial charge on any atom is -0.506 e. The number of nitrogens with zero attached hydrogens (tertiary/aromatic N) is 1. The number of hydrogen-bond donors (Lipinski definition) is 3. The number of aromatic hydroxyl groups is 1. The van der Waals surface area contributed by atoms with Crippen LogP contribution in [-0.4, -0.2) is 23.1 Å². The first-order valence-corrected chi connectivity index (χ1v) is 11.6. The average Bonchev–Trinajstić information content (AvgIpc) is 3.24. The lowest BCUT2D eigenvalue weighted by Gasteiger charge is -2.09. The van der Waals surface area contributed by atoms with Crippen molar-refractivity contribution in [2.75, 3.05) is 0 Å². The predicted octanol–water partition coefficient (Wildman–Crippen LogP) is 4.58. The van der Waals surface area contributed by atoms with E-state index in [9.17, 15) is 14.7 Å². The standard InChI is InChI=1S/C21H15I2N3O3S/c22-15-9-14(19(27)17(23)10-15)12-24-26-21(29)18(11-16-7-4-8-30-16)25-20(28)13-5-2-1-3-6-13/h1-12,27H,(H,25,28)(H,26,29)/b18-11?,24-12+. The summed E-state index contributed by atoms with van der Waals surface area (Å²) in [5.74, 6) is -0.896. The molecule has 0 fully saturated rings. The number of benzene rings is 2. The topological polar surface area (TPSA) is 90.8 Å². The van der Waals surface area contributed by atoms with Crippen molar-refractivity contribution in [1.29, 1.82) is 0 Å². The molecule has 6 nitrogen and oxygen atoms in total. The zero-order valence-corrected chi connectivity index (χ0v) is 20.4. The Morgan fingerprint density at radius 1 is 1.07 bits per heavy atom. The molecule has 30 heavy (non-hydrogen) atoms. The summed E-state index contributed by atoms with van der Waals surface area (Å²) in [7, 11) is 0. The van der Waals surface area contributed by atoms with Gasteiger partial charge in [0.1, 0.15) is 11.4 Å². The molecule has 3 rings (SSSR count). The van der Waals surface area contributed by atoms with E-state index in [-0.39, 0.29) is 11.4 Å². The molecule has 0 saturated carbocycles. The van der Waals surface area contributed by atoms with Crippen molar-refractivity contribution in [1.82, 2.24) is 10.7 Å². The van der Waals surface area contributed by atoms with Gasteiger partial charge in [0.15, 0.2) is 0 Å². The van der Waals surface area contributed by atoms with Gasteiger partial charge >= 0.3 is 0 Å². The van der Waals surface area contributed by atoms with Crippen LogP contribution in [0.15, 0.2) is 70.8 Å². The third-order valence-corrected chi connectivity index (χ3v) is 6.05. The van der Waals surface area contributed by atoms with Crippen LogP contribution in [0, 0.1) is 7.14 Å². The van der Waals surface area contributed by atoms with Gasteiger partial charge in [0.05, 0.1) is 9.78 Å². The van der Waals surface area contributed by atoms with Crippen molar-refractivity contribution in [2.24, 2.45) is 5.10 Å². The number of hydrogen-bond acceptors (Lipinski definition) is 5. The summed E-state index contributed by atoms with van der Waals surface area (Å²) in [5, 5.41) is 18.6. The van der Waals surface area contributed by atoms with Crippen molar-refractivity contribution >= 4 is 80.6 Å². The third-order valence-electron chi connectivity index (χ3n) is 3.79. The smallest absolute Gasteiger partial charge is 0.287 e. The van der Waals surface area contributed by atoms with E-state index in [4.69, 9.17) is 0 Å². The fourth-order valence-corrected chi connectivity index (χ4v) is 4.91. The molecule has 0 radical (unpaired) electrons. The van der Waals surface area contributed by atoms with Gasteiger partial charge in [0.2, 0.25) is 0 Å². The first-order valence-electron chi connectivity index (χ1n) is 8.57. The molecule has 1 aromatic heterocycles. The highest BCUT2D eigenvalue weighted by Gasteiger charge is 2.14. The Morgan fingerprint density at radius 2 is 1.83 bits per heavy atom. The highest BCUT2D eigenvalue weighted by Crippen LogP contribution is 2.25. The van der Waals surface area contributed by atoms with Crippen molar-refractivity contribution < 1.29 is 14.7 Å². The third kappa shape index (κ3) is 6.12. The lowest BCUT2D eigenvalue weighted by Crippen LogP contribution is -2.32. The minimum atomic E-state index is -0.580. The molecule has 2 aromatic carbocycles. The molecule has 152 valence electrons. The van der Waals surface area contributed by atoms with Crippen LogP contribution in [0.25, 0.3) is 6.08 Å². The first kappa shape index (κ1) is 22.4. The monoisotopic (exact) mass is 643 g/mol. The van der Waals surface area contributed by atoms with Crippen molar-refractivity contribution in [3.8, 4) is 5.75 Å². The number of carbonyl (C=O) groups is 2. The van der Waals surface area contributed by atoms with Crippen LogP contribution < -0.4 is 10.7 Å². The Morgan fingerprint density at radius 3 is 2.53 bits per heavy atom. The zero-order chi connectivity index (χ0) is 21.5. The van der Waals surface area contributed by atoms with Gasteiger partial charge in [-0.2, -0.15) is 5.10 Å². The first-order chi connectivity index (χ1) is 14.4. The van der Waals surface area contributed by atoms with Crippen LogP contribution in [0.2, 0.25) is 0 Å². The van der Waals surface area contributed by atoms with Crippen LogP contribution in [-0.2, 0) is 4.79 Å². The Bertz CT molecular complexity index is 1110. The summed E-state index contributed by atoms with van der Waals surface area (Å²) in [6.07, 6.45) is 2.95. The fourth-order valence-electron chi connectivity index (χ4n) is 2.36. The van der Waals surface area contributed by atoms with E-state index in [2.05, 4.69) is 38.4 Å². The maximum Gasteiger partial charge on any atom is 0.287 e. The molecule has 2 amide bonds. The molecule has 0 spiro atoms. The second-order valence-electron chi connectivity index (χ2n) is 5.92. The highest BCUT2D eigenvalue weighted by molar-refractivity contribution is 14.1. The number of carbonyl (C=O) groups excluding carboxylic acids is 2. The SMILES string of the molecule is O=C(N/N=C/c1cc(I)cc(I)c1O)C(=Cc1cccs1)NC(=O)c1ccccc1. The van der Waals surface area contributed by atoms with Crippen LogP contribution in [0.4, 0.5) is 0 Å². The highest BCUT2D eigenvalue weighted by atomic mass is 127. The summed E-state index contributed by atoms with van der Waals surface area (Å²) < 4.78 is 1.61. The Labute approximate surface area is 204 Å². The molecule has 1 heterocycles. The van der Waals surface area contributed by atoms with Crippen molar-refractivity contribution in [2.45, 2.75) is 0 Å². The van der Waals surface area contributed by atoms with Crippen LogP contribution >= 0.6 is 56.5 Å². The molecule has 0 aliphatic heterocycles. The summed E-state index contributed by atoms with van der Waals surface area (Å²) in [5.41, 5.74) is 3.37. The second-order valence-corrected chi connectivity index (χ2v) is 9.31. The number of phenols is 1. The van der Waals surface area contributed by atoms with Crippen molar-refractivity contribution in [3.05, 3.63) is 88.8 Å². The van der Waals surface area contributed by atoms with E-state index in [1.807, 2.05) is 52.2 Å². The second kappa shape index (κ2) is 10.7. The summed E-state index contributed by atoms with van der Waals surface area (Å²) in [6, 6.07) is 15.9. The minimum absolute atomic E-state index is 0.0601. The van der Waals surface area contributed by atoms with Gasteiger partial charge in [-0.15, -0.1) is 11.3 Å².